The number of aliphatic imine (C=N–C) groups is 1. The number of nitrogens with one attached hydrogen (secondary N) is 2. The number of rotatable bonds is 12. The van der Waals surface area contributed by atoms with Gasteiger partial charge in [-0.05, 0) is 61.0 Å². The Bertz CT molecular complexity index is 1370. The molecule has 0 radical (unpaired) electrons. The van der Waals surface area contributed by atoms with Gasteiger partial charge in [0, 0.05) is 36.3 Å². The van der Waals surface area contributed by atoms with E-state index in [0.717, 1.165) is 18.4 Å². The van der Waals surface area contributed by atoms with Crippen molar-refractivity contribution in [3.63, 3.8) is 0 Å². The van der Waals surface area contributed by atoms with Crippen LogP contribution in [-0.2, 0) is 9.59 Å². The van der Waals surface area contributed by atoms with Crippen LogP contribution in [-0.4, -0.2) is 56.7 Å². The molecule has 3 aromatic rings. The number of ether oxygens (including phenoxy) is 1. The minimum atomic E-state index is -0.657. The number of anilines is 2. The third-order valence-corrected chi connectivity index (χ3v) is 7.08. The van der Waals surface area contributed by atoms with E-state index in [0.29, 0.717) is 40.5 Å². The molecule has 0 spiro atoms. The Kier molecular flexibility index (Phi) is 9.92. The molecule has 2 heterocycles. The fraction of sp³-hybridized carbons (Fsp3) is 0.259. The van der Waals surface area contributed by atoms with E-state index in [2.05, 4.69) is 20.6 Å². The summed E-state index contributed by atoms with van der Waals surface area (Å²) < 4.78 is 5.57. The van der Waals surface area contributed by atoms with Crippen LogP contribution in [0.15, 0.2) is 71.9 Å². The van der Waals surface area contributed by atoms with E-state index in [-0.39, 0.29) is 30.5 Å². The molecule has 1 fully saturated rings. The molecule has 1 aliphatic rings. The first kappa shape index (κ1) is 28.8. The standard InChI is InChI=1S/C27H27ClN6O5S/c1-2-15-39-22-10-7-19(8-11-22)31-25(35)16-23-26(36)33(27(40-23)32-20-5-3-18(28)4-6-20)14-13-29-24-12-9-21(17-30-24)34(37)38/h3-12,17,23H,2,13-16H2,1H3,(H,29,30)(H,31,35)/t23-/m1/s1. The van der Waals surface area contributed by atoms with Gasteiger partial charge < -0.3 is 15.4 Å². The summed E-state index contributed by atoms with van der Waals surface area (Å²) >= 11 is 7.21. The zero-order valence-corrected chi connectivity index (χ0v) is 23.2. The highest BCUT2D eigenvalue weighted by molar-refractivity contribution is 8.15. The number of nitrogens with zero attached hydrogens (tertiary/aromatic N) is 4. The van der Waals surface area contributed by atoms with Crippen LogP contribution >= 0.6 is 23.4 Å². The minimum absolute atomic E-state index is 0.0366. The lowest BCUT2D eigenvalue weighted by Crippen LogP contribution is -2.36. The Balaban J connectivity index is 1.41. The lowest BCUT2D eigenvalue weighted by Gasteiger charge is -2.17. The highest BCUT2D eigenvalue weighted by Gasteiger charge is 2.39. The van der Waals surface area contributed by atoms with Crippen molar-refractivity contribution in [3.8, 4) is 5.75 Å². The van der Waals surface area contributed by atoms with E-state index >= 15 is 0 Å². The molecule has 2 aromatic carbocycles. The maximum Gasteiger partial charge on any atom is 0.287 e. The van der Waals surface area contributed by atoms with Crippen LogP contribution in [0.25, 0.3) is 0 Å². The van der Waals surface area contributed by atoms with Crippen molar-refractivity contribution in [2.75, 3.05) is 30.3 Å². The predicted octanol–water partition coefficient (Wildman–Crippen LogP) is 5.50. The Morgan fingerprint density at radius 3 is 2.58 bits per heavy atom. The minimum Gasteiger partial charge on any atom is -0.494 e. The van der Waals surface area contributed by atoms with Gasteiger partial charge in [-0.15, -0.1) is 0 Å². The van der Waals surface area contributed by atoms with Gasteiger partial charge in [-0.25, -0.2) is 9.98 Å². The molecule has 208 valence electrons. The summed E-state index contributed by atoms with van der Waals surface area (Å²) in [6.45, 7) is 3.19. The second-order valence-corrected chi connectivity index (χ2v) is 10.3. The first-order valence-electron chi connectivity index (χ1n) is 12.5. The van der Waals surface area contributed by atoms with Gasteiger partial charge in [0.15, 0.2) is 5.17 Å². The molecule has 1 aliphatic heterocycles. The molecule has 2 N–H and O–H groups in total. The maximum atomic E-state index is 13.3. The molecule has 2 amide bonds. The van der Waals surface area contributed by atoms with Crippen LogP contribution in [0.2, 0.25) is 5.02 Å². The molecule has 11 nitrogen and oxygen atoms in total. The normalized spacial score (nSPS) is 15.8. The van der Waals surface area contributed by atoms with Crippen LogP contribution in [0.4, 0.5) is 22.9 Å². The second kappa shape index (κ2) is 13.8. The predicted molar refractivity (Wildman–Crippen MR) is 156 cm³/mol. The van der Waals surface area contributed by atoms with Crippen molar-refractivity contribution >= 4 is 63.2 Å². The summed E-state index contributed by atoms with van der Waals surface area (Å²) in [4.78, 5) is 46.6. The number of pyridine rings is 1. The van der Waals surface area contributed by atoms with E-state index in [1.54, 1.807) is 48.5 Å². The lowest BCUT2D eigenvalue weighted by atomic mass is 10.2. The summed E-state index contributed by atoms with van der Waals surface area (Å²) in [6, 6.07) is 16.8. The Morgan fingerprint density at radius 2 is 1.93 bits per heavy atom. The van der Waals surface area contributed by atoms with Gasteiger partial charge in [0.05, 0.1) is 17.2 Å². The third kappa shape index (κ3) is 7.93. The Morgan fingerprint density at radius 1 is 1.18 bits per heavy atom. The molecule has 0 aliphatic carbocycles. The van der Waals surface area contributed by atoms with Crippen LogP contribution in [0, 0.1) is 10.1 Å². The van der Waals surface area contributed by atoms with Crippen LogP contribution < -0.4 is 15.4 Å². The quantitative estimate of drug-likeness (QED) is 0.211. The number of nitro groups is 1. The van der Waals surface area contributed by atoms with Crippen molar-refractivity contribution in [1.29, 1.82) is 0 Å². The van der Waals surface area contributed by atoms with Crippen LogP contribution in [0.3, 0.4) is 0 Å². The van der Waals surface area contributed by atoms with E-state index in [4.69, 9.17) is 16.3 Å². The van der Waals surface area contributed by atoms with Gasteiger partial charge in [0.1, 0.15) is 23.0 Å². The Labute approximate surface area is 240 Å². The summed E-state index contributed by atoms with van der Waals surface area (Å²) in [6.07, 6.45) is 2.02. The second-order valence-electron chi connectivity index (χ2n) is 8.68. The zero-order valence-electron chi connectivity index (χ0n) is 21.6. The summed E-state index contributed by atoms with van der Waals surface area (Å²) in [5, 5.41) is 17.1. The summed E-state index contributed by atoms with van der Waals surface area (Å²) in [7, 11) is 0. The first-order valence-corrected chi connectivity index (χ1v) is 13.8. The third-order valence-electron chi connectivity index (χ3n) is 5.65. The molecule has 40 heavy (non-hydrogen) atoms. The largest absolute Gasteiger partial charge is 0.494 e. The summed E-state index contributed by atoms with van der Waals surface area (Å²) in [5.41, 5.74) is 1.11. The first-order chi connectivity index (χ1) is 19.3. The number of carbonyl (C=O) groups is 2. The molecule has 4 rings (SSSR count). The van der Waals surface area contributed by atoms with Crippen molar-refractivity contribution in [2.45, 2.75) is 25.0 Å². The average Bonchev–Trinajstić information content (AvgIpc) is 3.23. The van der Waals surface area contributed by atoms with E-state index in [1.165, 1.54) is 28.8 Å². The number of benzene rings is 2. The van der Waals surface area contributed by atoms with Crippen LogP contribution in [0.1, 0.15) is 19.8 Å². The van der Waals surface area contributed by atoms with Gasteiger partial charge in [-0.2, -0.15) is 0 Å². The molecule has 1 aromatic heterocycles. The molecular formula is C27H27ClN6O5S. The van der Waals surface area contributed by atoms with Crippen molar-refractivity contribution < 1.29 is 19.2 Å². The van der Waals surface area contributed by atoms with Crippen LogP contribution in [0.5, 0.6) is 5.75 Å². The van der Waals surface area contributed by atoms with E-state index in [1.807, 2.05) is 6.92 Å². The fourth-order valence-electron chi connectivity index (χ4n) is 3.69. The molecule has 1 atom stereocenters. The highest BCUT2D eigenvalue weighted by Crippen LogP contribution is 2.32. The fourth-order valence-corrected chi connectivity index (χ4v) is 5.00. The van der Waals surface area contributed by atoms with Crippen molar-refractivity contribution in [3.05, 3.63) is 82.0 Å². The number of halogens is 1. The van der Waals surface area contributed by atoms with E-state index < -0.39 is 10.2 Å². The van der Waals surface area contributed by atoms with Crippen molar-refractivity contribution in [1.82, 2.24) is 9.88 Å². The topological polar surface area (TPSA) is 139 Å². The number of thioether (sulfide) groups is 1. The Hall–Kier alpha value is -4.16. The average molecular weight is 583 g/mol. The highest BCUT2D eigenvalue weighted by atomic mass is 35.5. The lowest BCUT2D eigenvalue weighted by molar-refractivity contribution is -0.385. The number of aromatic nitrogens is 1. The maximum absolute atomic E-state index is 13.3. The molecule has 0 bridgehead atoms. The number of hydrogen-bond donors (Lipinski definition) is 2. The molecular weight excluding hydrogens is 556 g/mol. The van der Waals surface area contributed by atoms with Crippen molar-refractivity contribution in [2.24, 2.45) is 4.99 Å². The van der Waals surface area contributed by atoms with Gasteiger partial charge in [0.25, 0.3) is 5.69 Å². The number of carbonyl (C=O) groups excluding carboxylic acids is 2. The SMILES string of the molecule is CCCOc1ccc(NC(=O)C[C@H]2SC(=Nc3ccc(Cl)cc3)N(CCNc3ccc([N+](=O)[O-])cn3)C2=O)cc1. The van der Waals surface area contributed by atoms with Gasteiger partial charge in [-0.3, -0.25) is 24.6 Å². The molecule has 13 heteroatoms. The van der Waals surface area contributed by atoms with E-state index in [9.17, 15) is 19.7 Å². The van der Waals surface area contributed by atoms with Gasteiger partial charge >= 0.3 is 0 Å². The van der Waals surface area contributed by atoms with Gasteiger partial charge in [-0.1, -0.05) is 30.3 Å². The van der Waals surface area contributed by atoms with Gasteiger partial charge in [0.2, 0.25) is 11.8 Å². The smallest absolute Gasteiger partial charge is 0.287 e. The monoisotopic (exact) mass is 582 g/mol. The number of hydrogen-bond acceptors (Lipinski definition) is 9. The molecule has 0 unspecified atom stereocenters. The molecule has 0 saturated carbocycles. The summed E-state index contributed by atoms with van der Waals surface area (Å²) in [5.74, 6) is 0.615. The number of amidine groups is 1. The molecule has 1 saturated heterocycles. The number of amides is 2. The zero-order chi connectivity index (χ0) is 28.5.